The van der Waals surface area contributed by atoms with Gasteiger partial charge >= 0.3 is 0 Å². The van der Waals surface area contributed by atoms with E-state index in [9.17, 15) is 9.90 Å². The van der Waals surface area contributed by atoms with Crippen LogP contribution in [0, 0.1) is 0 Å². The summed E-state index contributed by atoms with van der Waals surface area (Å²) in [6.07, 6.45) is 0.833. The molecule has 0 radical (unpaired) electrons. The minimum atomic E-state index is -0.988. The quantitative estimate of drug-likeness (QED) is 0.423. The molecule has 2 N–H and O–H groups in total. The lowest BCUT2D eigenvalue weighted by atomic mass is 9.95. The van der Waals surface area contributed by atoms with Crippen molar-refractivity contribution in [3.05, 3.63) is 71.4 Å². The molecule has 2 aromatic heterocycles. The number of hydrazone groups is 1. The number of H-pyrrole nitrogens is 1. The lowest BCUT2D eigenvalue weighted by Crippen LogP contribution is -2.34. The fourth-order valence-corrected chi connectivity index (χ4v) is 5.11. The summed E-state index contributed by atoms with van der Waals surface area (Å²) in [6, 6.07) is 14.5. The van der Waals surface area contributed by atoms with Crippen LogP contribution in [0.4, 0.5) is 0 Å². The minimum absolute atomic E-state index is 0.138. The smallest absolute Gasteiger partial charge is 0.253 e. The Hall–Kier alpha value is -3.21. The molecule has 0 unspecified atom stereocenters. The van der Waals surface area contributed by atoms with E-state index in [1.54, 1.807) is 12.6 Å². The number of aromatic nitrogens is 3. The molecule has 0 saturated carbocycles. The van der Waals surface area contributed by atoms with E-state index in [1.165, 1.54) is 28.1 Å². The number of carbonyl (C=O) groups is 1. The van der Waals surface area contributed by atoms with Crippen molar-refractivity contribution in [3.8, 4) is 5.75 Å². The molecule has 162 valence electrons. The summed E-state index contributed by atoms with van der Waals surface area (Å²) in [5.41, 5.74) is 4.57. The molecule has 2 aromatic carbocycles. The molecule has 0 spiro atoms. The van der Waals surface area contributed by atoms with Gasteiger partial charge in [0.2, 0.25) is 0 Å². The maximum absolute atomic E-state index is 13.2. The van der Waals surface area contributed by atoms with Crippen molar-refractivity contribution >= 4 is 45.6 Å². The average molecular weight is 466 g/mol. The summed E-state index contributed by atoms with van der Waals surface area (Å²) in [7, 11) is 1.60. The van der Waals surface area contributed by atoms with Crippen LogP contribution >= 0.6 is 23.1 Å². The van der Waals surface area contributed by atoms with Gasteiger partial charge in [-0.2, -0.15) is 5.10 Å². The Labute approximate surface area is 191 Å². The highest BCUT2D eigenvalue weighted by molar-refractivity contribution is 8.01. The van der Waals surface area contributed by atoms with Crippen LogP contribution in [0.1, 0.15) is 17.2 Å². The number of aliphatic hydroxyl groups excluding tert-OH is 1. The topological polar surface area (TPSA) is 104 Å². The highest BCUT2D eigenvalue weighted by Crippen LogP contribution is 2.36. The number of methoxy groups -OCH3 is 1. The number of ether oxygens (including phenoxy) is 1. The number of rotatable bonds is 6. The molecule has 1 amide bonds. The summed E-state index contributed by atoms with van der Waals surface area (Å²) in [6.45, 7) is 0. The van der Waals surface area contributed by atoms with Gasteiger partial charge in [0.25, 0.3) is 5.91 Å². The van der Waals surface area contributed by atoms with E-state index in [4.69, 9.17) is 4.74 Å². The Morgan fingerprint density at radius 3 is 2.81 bits per heavy atom. The standard InChI is InChI=1S/C22H19N5O3S2/c1-30-14-8-6-13(7-9-14)20-21(29)19(16-10-23-17-5-3-2-4-15(16)17)26-27(20)18(28)11-31-22-25-24-12-32-22/h2-10,12,20-21,23,29H,11H2,1H3/t20-,21-/m1/s1. The molecule has 0 fully saturated rings. The van der Waals surface area contributed by atoms with Gasteiger partial charge in [-0.15, -0.1) is 10.2 Å². The summed E-state index contributed by atoms with van der Waals surface area (Å²) >= 11 is 2.68. The number of hydrogen-bond acceptors (Lipinski definition) is 8. The number of fused-ring (bicyclic) bond motifs is 1. The third-order valence-corrected chi connectivity index (χ3v) is 7.14. The Morgan fingerprint density at radius 1 is 1.25 bits per heavy atom. The number of aromatic amines is 1. The van der Waals surface area contributed by atoms with Crippen molar-refractivity contribution in [2.75, 3.05) is 12.9 Å². The van der Waals surface area contributed by atoms with Gasteiger partial charge in [-0.1, -0.05) is 53.4 Å². The number of nitrogens with one attached hydrogen (secondary N) is 1. The van der Waals surface area contributed by atoms with Crippen molar-refractivity contribution in [3.63, 3.8) is 0 Å². The summed E-state index contributed by atoms with van der Waals surface area (Å²) < 4.78 is 5.96. The van der Waals surface area contributed by atoms with E-state index in [1.807, 2.05) is 54.7 Å². The molecule has 32 heavy (non-hydrogen) atoms. The first-order chi connectivity index (χ1) is 15.7. The second-order valence-electron chi connectivity index (χ2n) is 7.13. The first-order valence-electron chi connectivity index (χ1n) is 9.83. The van der Waals surface area contributed by atoms with Gasteiger partial charge in [0.1, 0.15) is 29.1 Å². The summed E-state index contributed by atoms with van der Waals surface area (Å²) in [5.74, 6) is 0.614. The number of thioether (sulfide) groups is 1. The van der Waals surface area contributed by atoms with Gasteiger partial charge in [0.15, 0.2) is 4.34 Å². The Balaban J connectivity index is 1.51. The van der Waals surface area contributed by atoms with Crippen LogP contribution in [0.25, 0.3) is 10.9 Å². The zero-order valence-corrected chi connectivity index (χ0v) is 18.6. The second kappa shape index (κ2) is 8.73. The molecule has 10 heteroatoms. The number of aliphatic hydroxyl groups is 1. The number of amides is 1. The van der Waals surface area contributed by atoms with Crippen LogP contribution in [-0.4, -0.2) is 55.9 Å². The fraction of sp³-hybridized carbons (Fsp3) is 0.182. The Bertz CT molecular complexity index is 1270. The lowest BCUT2D eigenvalue weighted by Gasteiger charge is -2.24. The monoisotopic (exact) mass is 465 g/mol. The Morgan fingerprint density at radius 2 is 2.06 bits per heavy atom. The summed E-state index contributed by atoms with van der Waals surface area (Å²) in [4.78, 5) is 16.4. The predicted molar refractivity (Wildman–Crippen MR) is 124 cm³/mol. The lowest BCUT2D eigenvalue weighted by molar-refractivity contribution is -0.131. The van der Waals surface area contributed by atoms with Gasteiger partial charge in [-0.25, -0.2) is 5.01 Å². The second-order valence-corrected chi connectivity index (χ2v) is 9.18. The zero-order valence-electron chi connectivity index (χ0n) is 17.0. The molecular formula is C22H19N5O3S2. The van der Waals surface area contributed by atoms with E-state index in [2.05, 4.69) is 20.3 Å². The van der Waals surface area contributed by atoms with Crippen LogP contribution < -0.4 is 4.74 Å². The molecule has 8 nitrogen and oxygen atoms in total. The normalized spacial score (nSPS) is 18.2. The van der Waals surface area contributed by atoms with Gasteiger partial charge in [0.05, 0.1) is 12.9 Å². The first kappa shape index (κ1) is 20.7. The highest BCUT2D eigenvalue weighted by atomic mass is 32.2. The molecule has 0 saturated heterocycles. The SMILES string of the molecule is COc1ccc([C@@H]2[C@H](O)C(c3c[nH]c4ccccc34)=NN2C(=O)CSc2nncs2)cc1. The van der Waals surface area contributed by atoms with E-state index >= 15 is 0 Å². The van der Waals surface area contributed by atoms with Crippen molar-refractivity contribution in [1.29, 1.82) is 0 Å². The predicted octanol–water partition coefficient (Wildman–Crippen LogP) is 3.47. The molecule has 1 aliphatic heterocycles. The van der Waals surface area contributed by atoms with Gasteiger partial charge in [-0.05, 0) is 23.8 Å². The molecule has 4 aromatic rings. The van der Waals surface area contributed by atoms with Crippen LogP contribution in [0.5, 0.6) is 5.75 Å². The minimum Gasteiger partial charge on any atom is -0.497 e. The molecule has 1 aliphatic rings. The van der Waals surface area contributed by atoms with Crippen molar-refractivity contribution in [2.24, 2.45) is 5.10 Å². The van der Waals surface area contributed by atoms with Crippen molar-refractivity contribution in [2.45, 2.75) is 16.5 Å². The number of para-hydroxylation sites is 1. The van der Waals surface area contributed by atoms with Crippen LogP contribution in [0.3, 0.4) is 0 Å². The molecule has 5 rings (SSSR count). The van der Waals surface area contributed by atoms with Gasteiger partial charge < -0.3 is 14.8 Å². The highest BCUT2D eigenvalue weighted by Gasteiger charge is 2.41. The number of benzene rings is 2. The third kappa shape index (κ3) is 3.77. The Kier molecular flexibility index (Phi) is 5.64. The molecule has 0 aliphatic carbocycles. The third-order valence-electron chi connectivity index (χ3n) is 5.30. The van der Waals surface area contributed by atoms with E-state index in [-0.39, 0.29) is 11.7 Å². The molecule has 2 atom stereocenters. The first-order valence-corrected chi connectivity index (χ1v) is 11.7. The maximum atomic E-state index is 13.2. The van der Waals surface area contributed by atoms with Crippen LogP contribution in [0.15, 0.2) is 69.7 Å². The number of carbonyl (C=O) groups excluding carboxylic acids is 1. The van der Waals surface area contributed by atoms with Gasteiger partial charge in [-0.3, -0.25) is 4.79 Å². The van der Waals surface area contributed by atoms with Crippen molar-refractivity contribution < 1.29 is 14.6 Å². The number of nitrogens with zero attached hydrogens (tertiary/aromatic N) is 4. The van der Waals surface area contributed by atoms with Crippen LogP contribution in [0.2, 0.25) is 0 Å². The number of hydrogen-bond donors (Lipinski definition) is 2. The van der Waals surface area contributed by atoms with E-state index in [0.717, 1.165) is 22.0 Å². The zero-order chi connectivity index (χ0) is 22.1. The fourth-order valence-electron chi connectivity index (χ4n) is 3.77. The molecule has 3 heterocycles. The van der Waals surface area contributed by atoms with Crippen LogP contribution in [-0.2, 0) is 4.79 Å². The maximum Gasteiger partial charge on any atom is 0.253 e. The van der Waals surface area contributed by atoms with Crippen molar-refractivity contribution in [1.82, 2.24) is 20.2 Å². The van der Waals surface area contributed by atoms with Gasteiger partial charge in [0, 0.05) is 22.7 Å². The summed E-state index contributed by atoms with van der Waals surface area (Å²) in [5, 5.41) is 26.1. The van der Waals surface area contributed by atoms with E-state index < -0.39 is 12.1 Å². The molecular weight excluding hydrogens is 446 g/mol. The average Bonchev–Trinajstić information content (AvgIpc) is 3.56. The van der Waals surface area contributed by atoms with E-state index in [0.29, 0.717) is 15.8 Å². The molecule has 0 bridgehead atoms. The largest absolute Gasteiger partial charge is 0.497 e.